The Labute approximate surface area is 275 Å². The van der Waals surface area contributed by atoms with Crippen molar-refractivity contribution in [3.8, 4) is 0 Å². The molecule has 260 valence electrons. The highest BCUT2D eigenvalue weighted by molar-refractivity contribution is 6.75. The summed E-state index contributed by atoms with van der Waals surface area (Å²) in [5.74, 6) is 0.196. The van der Waals surface area contributed by atoms with Crippen molar-refractivity contribution in [3.63, 3.8) is 0 Å². The fraction of sp³-hybridized carbons (Fsp3) is 0.914. The number of unbranched alkanes of at least 4 members (excludes halogenated alkanes) is 2. The van der Waals surface area contributed by atoms with Crippen LogP contribution in [-0.2, 0) is 22.8 Å². The Morgan fingerprint density at radius 1 is 0.795 bits per heavy atom. The summed E-state index contributed by atoms with van der Waals surface area (Å²) in [6.45, 7) is 34.8. The molecule has 0 saturated heterocycles. The van der Waals surface area contributed by atoms with E-state index in [9.17, 15) is 9.90 Å². The summed E-state index contributed by atoms with van der Waals surface area (Å²) in [4.78, 5) is 11.6. The van der Waals surface area contributed by atoms with Gasteiger partial charge in [-0.2, -0.15) is 0 Å². The number of carbonyl (C=O) groups is 1. The average molecular weight is 673 g/mol. The van der Waals surface area contributed by atoms with Crippen molar-refractivity contribution >= 4 is 30.9 Å². The molecule has 1 unspecified atom stereocenters. The Kier molecular flexibility index (Phi) is 15.4. The van der Waals surface area contributed by atoms with Crippen LogP contribution in [0.5, 0.6) is 0 Å². The van der Waals surface area contributed by atoms with Crippen LogP contribution in [0, 0.1) is 11.8 Å². The number of carbonyl (C=O) groups excluding carboxylic acids is 1. The first-order valence-corrected chi connectivity index (χ1v) is 25.9. The van der Waals surface area contributed by atoms with E-state index in [0.717, 1.165) is 32.1 Å². The Hall–Kier alpha value is -0.299. The molecule has 0 aliphatic heterocycles. The minimum absolute atomic E-state index is 0.00215. The number of aliphatic hydroxyl groups is 1. The van der Waals surface area contributed by atoms with Gasteiger partial charge in [-0.15, -0.1) is 0 Å². The number of methoxy groups -OCH3 is 1. The maximum Gasteiger partial charge on any atom is 0.305 e. The van der Waals surface area contributed by atoms with E-state index in [2.05, 4.69) is 114 Å². The molecule has 0 aromatic rings. The van der Waals surface area contributed by atoms with Gasteiger partial charge in [-0.3, -0.25) is 4.79 Å². The zero-order valence-corrected chi connectivity index (χ0v) is 34.7. The highest BCUT2D eigenvalue weighted by Crippen LogP contribution is 2.48. The molecule has 44 heavy (non-hydrogen) atoms. The van der Waals surface area contributed by atoms with Gasteiger partial charge in [0.25, 0.3) is 0 Å². The molecular weight excluding hydrogens is 601 g/mol. The molecule has 0 spiro atoms. The van der Waals surface area contributed by atoms with E-state index >= 15 is 0 Å². The third kappa shape index (κ3) is 12.1. The molecule has 0 aromatic heterocycles. The number of esters is 1. The van der Waals surface area contributed by atoms with E-state index in [4.69, 9.17) is 18.0 Å². The number of rotatable bonds is 16. The van der Waals surface area contributed by atoms with Crippen molar-refractivity contribution in [1.29, 1.82) is 0 Å². The number of aliphatic hydroxyl groups excluding tert-OH is 1. The van der Waals surface area contributed by atoms with Crippen LogP contribution in [0.15, 0.2) is 12.2 Å². The first-order valence-electron chi connectivity index (χ1n) is 17.2. The summed E-state index contributed by atoms with van der Waals surface area (Å²) in [6.07, 6.45) is 10.5. The Morgan fingerprint density at radius 2 is 1.30 bits per heavy atom. The normalized spacial score (nSPS) is 23.4. The van der Waals surface area contributed by atoms with Crippen LogP contribution < -0.4 is 0 Å². The van der Waals surface area contributed by atoms with Crippen molar-refractivity contribution < 1.29 is 27.9 Å². The number of hydrogen-bond donors (Lipinski definition) is 1. The maximum atomic E-state index is 11.6. The van der Waals surface area contributed by atoms with Gasteiger partial charge in [-0.25, -0.2) is 0 Å². The Morgan fingerprint density at radius 3 is 1.75 bits per heavy atom. The summed E-state index contributed by atoms with van der Waals surface area (Å²) < 4.78 is 26.1. The summed E-state index contributed by atoms with van der Waals surface area (Å²) in [7, 11) is -4.66. The van der Waals surface area contributed by atoms with Crippen LogP contribution in [0.2, 0.25) is 54.4 Å². The van der Waals surface area contributed by atoms with Gasteiger partial charge >= 0.3 is 5.97 Å². The van der Waals surface area contributed by atoms with Crippen LogP contribution in [0.25, 0.3) is 0 Å². The Balaban J connectivity index is 3.45. The molecule has 0 amide bonds. The monoisotopic (exact) mass is 672 g/mol. The lowest BCUT2D eigenvalue weighted by Crippen LogP contribution is -2.45. The van der Waals surface area contributed by atoms with Gasteiger partial charge in [0.05, 0.1) is 25.4 Å². The molecule has 0 bridgehead atoms. The minimum Gasteiger partial charge on any atom is -0.469 e. The molecular formula is C35H72O6Si3. The summed E-state index contributed by atoms with van der Waals surface area (Å²) in [5, 5.41) is 10.6. The summed E-state index contributed by atoms with van der Waals surface area (Å²) >= 11 is 0. The van der Waals surface area contributed by atoms with Gasteiger partial charge < -0.3 is 23.1 Å². The van der Waals surface area contributed by atoms with Crippen molar-refractivity contribution in [2.75, 3.05) is 13.7 Å². The van der Waals surface area contributed by atoms with E-state index in [1.54, 1.807) is 0 Å². The second kappa shape index (κ2) is 16.2. The second-order valence-corrected chi connectivity index (χ2v) is 32.1. The van der Waals surface area contributed by atoms with E-state index in [1.807, 2.05) is 0 Å². The standard InChI is InChI=1S/C35H72O6Si3/c1-33(2,3)42(11,12)39-27(20-18-17-19-21-32(37)38-10)22-23-28-29(24-25-36)31(41-44(15,16)35(7,8)9)26-30(28)40-43(13,14)34(4,5)6/h22-23,27-31,36H,17-21,24-26H2,1-16H3/b23-22+/t27?,28-,29+,30-,31+/m1/s1. The molecule has 1 rings (SSSR count). The molecule has 0 radical (unpaired) electrons. The zero-order chi connectivity index (χ0) is 34.4. The van der Waals surface area contributed by atoms with Gasteiger partial charge in [-0.05, 0) is 86.0 Å². The Bertz CT molecular complexity index is 911. The van der Waals surface area contributed by atoms with E-state index in [0.29, 0.717) is 12.8 Å². The summed E-state index contributed by atoms with van der Waals surface area (Å²) in [5.41, 5.74) is 0. The summed E-state index contributed by atoms with van der Waals surface area (Å²) in [6, 6.07) is 0. The molecule has 1 N–H and O–H groups in total. The third-order valence-electron chi connectivity index (χ3n) is 11.2. The van der Waals surface area contributed by atoms with Gasteiger partial charge in [0.15, 0.2) is 25.0 Å². The van der Waals surface area contributed by atoms with Crippen molar-refractivity contribution in [1.82, 2.24) is 0 Å². The van der Waals surface area contributed by atoms with Crippen LogP contribution >= 0.6 is 0 Å². The van der Waals surface area contributed by atoms with Gasteiger partial charge in [-0.1, -0.05) is 87.3 Å². The largest absolute Gasteiger partial charge is 0.469 e. The fourth-order valence-corrected chi connectivity index (χ4v) is 9.20. The quantitative estimate of drug-likeness (QED) is 0.0762. The van der Waals surface area contributed by atoms with Crippen molar-refractivity contribution in [3.05, 3.63) is 12.2 Å². The fourth-order valence-electron chi connectivity index (χ4n) is 5.15. The lowest BCUT2D eigenvalue weighted by molar-refractivity contribution is -0.140. The van der Waals surface area contributed by atoms with E-state index < -0.39 is 25.0 Å². The molecule has 1 aliphatic carbocycles. The van der Waals surface area contributed by atoms with Gasteiger partial charge in [0.1, 0.15) is 0 Å². The van der Waals surface area contributed by atoms with Crippen LogP contribution in [-0.4, -0.2) is 68.1 Å². The predicted octanol–water partition coefficient (Wildman–Crippen LogP) is 9.86. The first kappa shape index (κ1) is 41.7. The lowest BCUT2D eigenvalue weighted by Gasteiger charge is -2.40. The minimum atomic E-state index is -2.05. The lowest BCUT2D eigenvalue weighted by atomic mass is 9.90. The molecule has 1 saturated carbocycles. The van der Waals surface area contributed by atoms with Crippen molar-refractivity contribution in [2.45, 2.75) is 180 Å². The topological polar surface area (TPSA) is 74.2 Å². The smallest absolute Gasteiger partial charge is 0.305 e. The molecule has 1 fully saturated rings. The SMILES string of the molecule is COC(=O)CCCCCC(/C=C/[C@@H]1[C@H](CCO)[C@@H](O[Si](C)(C)C(C)(C)C)C[C@H]1O[Si](C)(C)C(C)(C)C)O[Si](C)(C)C(C)(C)C. The first-order chi connectivity index (χ1) is 19.8. The molecule has 0 aromatic carbocycles. The van der Waals surface area contributed by atoms with Gasteiger partial charge in [0.2, 0.25) is 0 Å². The van der Waals surface area contributed by atoms with Gasteiger partial charge in [0, 0.05) is 18.9 Å². The van der Waals surface area contributed by atoms with E-state index in [1.165, 1.54) is 7.11 Å². The molecule has 0 heterocycles. The van der Waals surface area contributed by atoms with Crippen LogP contribution in [0.3, 0.4) is 0 Å². The van der Waals surface area contributed by atoms with Crippen LogP contribution in [0.1, 0.15) is 107 Å². The molecule has 1 aliphatic rings. The highest BCUT2D eigenvalue weighted by Gasteiger charge is 2.50. The van der Waals surface area contributed by atoms with Crippen LogP contribution in [0.4, 0.5) is 0 Å². The number of ether oxygens (including phenoxy) is 1. The highest BCUT2D eigenvalue weighted by atomic mass is 28.4. The molecule has 9 heteroatoms. The number of hydrogen-bond acceptors (Lipinski definition) is 6. The molecule has 6 nitrogen and oxygen atoms in total. The maximum absolute atomic E-state index is 11.6. The predicted molar refractivity (Wildman–Crippen MR) is 194 cm³/mol. The second-order valence-electron chi connectivity index (χ2n) is 17.8. The average Bonchev–Trinajstić information content (AvgIpc) is 3.13. The molecule has 5 atom stereocenters. The third-order valence-corrected chi connectivity index (χ3v) is 24.7. The van der Waals surface area contributed by atoms with E-state index in [-0.39, 0.29) is 57.8 Å². The zero-order valence-electron chi connectivity index (χ0n) is 31.7. The van der Waals surface area contributed by atoms with Crippen molar-refractivity contribution in [2.24, 2.45) is 11.8 Å².